The molecule has 2 aromatic carbocycles. The molecule has 0 aromatic heterocycles. The van der Waals surface area contributed by atoms with E-state index in [9.17, 15) is 9.18 Å². The maximum atomic E-state index is 13.2. The Morgan fingerprint density at radius 1 is 1.29 bits per heavy atom. The Labute approximate surface area is 125 Å². The quantitative estimate of drug-likeness (QED) is 0.913. The minimum atomic E-state index is -0.370. The molecule has 21 heavy (non-hydrogen) atoms. The van der Waals surface area contributed by atoms with Gasteiger partial charge in [-0.25, -0.2) is 4.39 Å². The molecule has 0 aliphatic carbocycles. The van der Waals surface area contributed by atoms with E-state index in [1.165, 1.54) is 12.1 Å². The van der Waals surface area contributed by atoms with E-state index in [0.29, 0.717) is 23.0 Å². The molecule has 108 valence electrons. The van der Waals surface area contributed by atoms with Gasteiger partial charge in [0, 0.05) is 17.3 Å². The summed E-state index contributed by atoms with van der Waals surface area (Å²) < 4.78 is 18.5. The number of nitrogens with one attached hydrogen (secondary N) is 2. The van der Waals surface area contributed by atoms with Gasteiger partial charge in [0.15, 0.2) is 6.61 Å². The van der Waals surface area contributed by atoms with Gasteiger partial charge >= 0.3 is 0 Å². The van der Waals surface area contributed by atoms with Crippen molar-refractivity contribution in [3.05, 3.63) is 52.8 Å². The first-order valence-electron chi connectivity index (χ1n) is 6.36. The third-order valence-electron chi connectivity index (χ3n) is 3.03. The summed E-state index contributed by atoms with van der Waals surface area (Å²) >= 11 is 5.81. The molecule has 0 fully saturated rings. The Kier molecular flexibility index (Phi) is 3.66. The summed E-state index contributed by atoms with van der Waals surface area (Å²) in [5.74, 6) is 0.0796. The van der Waals surface area contributed by atoms with Gasteiger partial charge in [-0.05, 0) is 42.0 Å². The van der Waals surface area contributed by atoms with E-state index in [-0.39, 0.29) is 18.3 Å². The third kappa shape index (κ3) is 3.25. The van der Waals surface area contributed by atoms with Crippen LogP contribution in [0.3, 0.4) is 0 Å². The number of ether oxygens (including phenoxy) is 1. The second kappa shape index (κ2) is 5.61. The van der Waals surface area contributed by atoms with Crippen LogP contribution in [0.15, 0.2) is 36.4 Å². The van der Waals surface area contributed by atoms with Crippen molar-refractivity contribution < 1.29 is 13.9 Å². The predicted molar refractivity (Wildman–Crippen MR) is 79.3 cm³/mol. The highest BCUT2D eigenvalue weighted by Crippen LogP contribution is 2.30. The lowest BCUT2D eigenvalue weighted by molar-refractivity contribution is -0.118. The molecule has 2 aromatic rings. The highest BCUT2D eigenvalue weighted by molar-refractivity contribution is 6.30. The Hall–Kier alpha value is -2.27. The maximum absolute atomic E-state index is 13.2. The molecule has 0 saturated carbocycles. The number of anilines is 2. The average Bonchev–Trinajstić information content (AvgIpc) is 2.43. The van der Waals surface area contributed by atoms with Gasteiger partial charge in [0.25, 0.3) is 5.91 Å². The van der Waals surface area contributed by atoms with Crippen LogP contribution >= 0.6 is 11.6 Å². The van der Waals surface area contributed by atoms with Crippen molar-refractivity contribution in [1.29, 1.82) is 0 Å². The zero-order valence-corrected chi connectivity index (χ0v) is 11.7. The minimum Gasteiger partial charge on any atom is -0.482 e. The van der Waals surface area contributed by atoms with Crippen LogP contribution in [-0.2, 0) is 11.3 Å². The third-order valence-corrected chi connectivity index (χ3v) is 3.25. The van der Waals surface area contributed by atoms with Crippen molar-refractivity contribution in [2.75, 3.05) is 17.2 Å². The number of fused-ring (bicyclic) bond motifs is 1. The van der Waals surface area contributed by atoms with Gasteiger partial charge in [0.1, 0.15) is 11.6 Å². The van der Waals surface area contributed by atoms with Crippen LogP contribution in [0.1, 0.15) is 5.56 Å². The van der Waals surface area contributed by atoms with Crippen LogP contribution in [0.25, 0.3) is 0 Å². The van der Waals surface area contributed by atoms with Crippen molar-refractivity contribution in [2.45, 2.75) is 6.54 Å². The Morgan fingerprint density at radius 3 is 2.95 bits per heavy atom. The average molecular weight is 307 g/mol. The van der Waals surface area contributed by atoms with Crippen LogP contribution < -0.4 is 15.4 Å². The first-order valence-corrected chi connectivity index (χ1v) is 6.73. The summed E-state index contributed by atoms with van der Waals surface area (Å²) in [6, 6.07) is 9.75. The molecule has 0 spiro atoms. The van der Waals surface area contributed by atoms with Crippen LogP contribution in [0.5, 0.6) is 5.75 Å². The van der Waals surface area contributed by atoms with E-state index in [4.69, 9.17) is 16.3 Å². The van der Waals surface area contributed by atoms with E-state index in [0.717, 1.165) is 11.3 Å². The number of rotatable bonds is 3. The molecular weight excluding hydrogens is 295 g/mol. The molecule has 1 heterocycles. The van der Waals surface area contributed by atoms with E-state index >= 15 is 0 Å². The molecule has 3 rings (SSSR count). The summed E-state index contributed by atoms with van der Waals surface area (Å²) in [6.07, 6.45) is 0. The van der Waals surface area contributed by atoms with Gasteiger partial charge in [0.05, 0.1) is 5.69 Å². The normalized spacial score (nSPS) is 13.1. The van der Waals surface area contributed by atoms with Gasteiger partial charge in [-0.15, -0.1) is 0 Å². The number of amides is 1. The number of carbonyl (C=O) groups excluding carboxylic acids is 1. The van der Waals surface area contributed by atoms with Gasteiger partial charge < -0.3 is 15.4 Å². The number of hydrogen-bond donors (Lipinski definition) is 2. The monoisotopic (exact) mass is 306 g/mol. The molecular formula is C15H12ClFN2O2. The van der Waals surface area contributed by atoms with Crippen molar-refractivity contribution in [2.24, 2.45) is 0 Å². The number of carbonyl (C=O) groups is 1. The number of halogens is 2. The fraction of sp³-hybridized carbons (Fsp3) is 0.133. The zero-order chi connectivity index (χ0) is 14.8. The molecule has 6 heteroatoms. The largest absolute Gasteiger partial charge is 0.482 e. The zero-order valence-electron chi connectivity index (χ0n) is 11.0. The number of benzene rings is 2. The van der Waals surface area contributed by atoms with Crippen LogP contribution in [-0.4, -0.2) is 12.5 Å². The molecule has 1 amide bonds. The molecule has 1 aliphatic rings. The van der Waals surface area contributed by atoms with Gasteiger partial charge in [-0.1, -0.05) is 11.6 Å². The molecule has 0 atom stereocenters. The highest BCUT2D eigenvalue weighted by atomic mass is 35.5. The van der Waals surface area contributed by atoms with Crippen molar-refractivity contribution in [1.82, 2.24) is 0 Å². The standard InChI is InChI=1S/C15H12ClFN2O2/c16-10-3-9(4-11(17)5-10)7-18-12-1-2-14-13(6-12)19-15(20)8-21-14/h1-6,18H,7-8H2,(H,19,20). The first kappa shape index (κ1) is 13.7. The lowest BCUT2D eigenvalue weighted by Crippen LogP contribution is -2.25. The Morgan fingerprint density at radius 2 is 2.14 bits per heavy atom. The van der Waals surface area contributed by atoms with E-state index in [1.807, 2.05) is 6.07 Å². The van der Waals surface area contributed by atoms with Crippen LogP contribution in [0.2, 0.25) is 5.02 Å². The fourth-order valence-electron chi connectivity index (χ4n) is 2.11. The lowest BCUT2D eigenvalue weighted by atomic mass is 10.2. The van der Waals surface area contributed by atoms with Crippen molar-refractivity contribution in [3.8, 4) is 5.75 Å². The van der Waals surface area contributed by atoms with Crippen molar-refractivity contribution in [3.63, 3.8) is 0 Å². The fourth-order valence-corrected chi connectivity index (χ4v) is 2.35. The second-order valence-corrected chi connectivity index (χ2v) is 5.12. The SMILES string of the molecule is O=C1COc2ccc(NCc3cc(F)cc(Cl)c3)cc2N1. The molecule has 0 saturated heterocycles. The van der Waals surface area contributed by atoms with Gasteiger partial charge in [-0.2, -0.15) is 0 Å². The smallest absolute Gasteiger partial charge is 0.262 e. The Balaban J connectivity index is 1.73. The van der Waals surface area contributed by atoms with Gasteiger partial charge in [0.2, 0.25) is 0 Å². The summed E-state index contributed by atoms with van der Waals surface area (Å²) in [7, 11) is 0. The van der Waals surface area contributed by atoms with Crippen molar-refractivity contribution >= 4 is 28.9 Å². The van der Waals surface area contributed by atoms with E-state index < -0.39 is 0 Å². The minimum absolute atomic E-state index is 0.0293. The molecule has 2 N–H and O–H groups in total. The summed E-state index contributed by atoms with van der Waals surface area (Å²) in [5, 5.41) is 6.24. The number of hydrogen-bond acceptors (Lipinski definition) is 3. The predicted octanol–water partition coefficient (Wildman–Crippen LogP) is 3.42. The summed E-state index contributed by atoms with van der Waals surface area (Å²) in [5.41, 5.74) is 2.14. The van der Waals surface area contributed by atoms with Crippen LogP contribution in [0.4, 0.5) is 15.8 Å². The maximum Gasteiger partial charge on any atom is 0.262 e. The van der Waals surface area contributed by atoms with Crippen LogP contribution in [0, 0.1) is 5.82 Å². The lowest BCUT2D eigenvalue weighted by Gasteiger charge is -2.19. The first-order chi connectivity index (χ1) is 10.1. The molecule has 0 radical (unpaired) electrons. The highest BCUT2D eigenvalue weighted by Gasteiger charge is 2.15. The molecule has 0 unspecified atom stereocenters. The summed E-state index contributed by atoms with van der Waals surface area (Å²) in [6.45, 7) is 0.451. The van der Waals surface area contributed by atoms with E-state index in [2.05, 4.69) is 10.6 Å². The molecule has 0 bridgehead atoms. The van der Waals surface area contributed by atoms with E-state index in [1.54, 1.807) is 18.2 Å². The molecule has 4 nitrogen and oxygen atoms in total. The van der Waals surface area contributed by atoms with Gasteiger partial charge in [-0.3, -0.25) is 4.79 Å². The Bertz CT molecular complexity index is 686. The summed E-state index contributed by atoms with van der Waals surface area (Å²) in [4.78, 5) is 11.3. The molecule has 1 aliphatic heterocycles. The topological polar surface area (TPSA) is 50.4 Å². The second-order valence-electron chi connectivity index (χ2n) is 4.68.